The second kappa shape index (κ2) is 8.27. The first-order valence-corrected chi connectivity index (χ1v) is 9.60. The highest BCUT2D eigenvalue weighted by molar-refractivity contribution is 6.02. The number of imidazole rings is 1. The van der Waals surface area contributed by atoms with E-state index in [0.29, 0.717) is 39.7 Å². The fourth-order valence-electron chi connectivity index (χ4n) is 3.31. The number of methoxy groups -OCH3 is 1. The van der Waals surface area contributed by atoms with E-state index in [1.165, 1.54) is 9.13 Å². The Labute approximate surface area is 178 Å². The van der Waals surface area contributed by atoms with Crippen LogP contribution in [0.3, 0.4) is 0 Å². The Morgan fingerprint density at radius 1 is 0.839 bits per heavy atom. The summed E-state index contributed by atoms with van der Waals surface area (Å²) in [5.74, 6) is 1.66. The van der Waals surface area contributed by atoms with Crippen LogP contribution in [0.1, 0.15) is 0 Å². The normalized spacial score (nSPS) is 10.7. The monoisotopic (exact) mass is 418 g/mol. The predicted octanol–water partition coefficient (Wildman–Crippen LogP) is 4.32. The van der Waals surface area contributed by atoms with Gasteiger partial charge in [0.25, 0.3) is 0 Å². The minimum atomic E-state index is -0.452. The third-order valence-corrected chi connectivity index (χ3v) is 4.92. The second-order valence-electron chi connectivity index (χ2n) is 6.96. The molecule has 0 aliphatic heterocycles. The maximum atomic E-state index is 12.7. The van der Waals surface area contributed by atoms with Crippen molar-refractivity contribution in [3.63, 3.8) is 0 Å². The number of nitrogens with one attached hydrogen (secondary N) is 2. The molecule has 0 unspecified atom stereocenters. The Balaban J connectivity index is 1.70. The molecule has 4 aromatic rings. The molecule has 0 saturated carbocycles. The zero-order chi connectivity index (χ0) is 22.0. The lowest BCUT2D eigenvalue weighted by Gasteiger charge is -2.14. The fraction of sp³-hybridized carbons (Fsp3) is 0.130. The van der Waals surface area contributed by atoms with Gasteiger partial charge >= 0.3 is 11.7 Å². The number of anilines is 2. The number of urea groups is 1. The van der Waals surface area contributed by atoms with Gasteiger partial charge in [-0.25, -0.2) is 9.59 Å². The Bertz CT molecular complexity index is 1310. The van der Waals surface area contributed by atoms with Crippen molar-refractivity contribution in [1.29, 1.82) is 0 Å². The molecule has 0 radical (unpaired) electrons. The van der Waals surface area contributed by atoms with Gasteiger partial charge in [-0.2, -0.15) is 0 Å². The predicted molar refractivity (Wildman–Crippen MR) is 120 cm³/mol. The largest absolute Gasteiger partial charge is 0.497 e. The molecule has 0 spiro atoms. The van der Waals surface area contributed by atoms with E-state index in [0.717, 1.165) is 0 Å². The maximum absolute atomic E-state index is 12.7. The molecule has 2 amide bonds. The molecule has 0 atom stereocenters. The topological polar surface area (TPSA) is 86.5 Å². The zero-order valence-corrected chi connectivity index (χ0v) is 17.4. The summed E-state index contributed by atoms with van der Waals surface area (Å²) < 4.78 is 14.3. The molecule has 8 nitrogen and oxygen atoms in total. The van der Waals surface area contributed by atoms with E-state index in [1.807, 2.05) is 30.3 Å². The van der Waals surface area contributed by atoms with Crippen LogP contribution in [0.4, 0.5) is 16.2 Å². The van der Waals surface area contributed by atoms with Gasteiger partial charge in [-0.15, -0.1) is 0 Å². The summed E-state index contributed by atoms with van der Waals surface area (Å²) in [6, 6.07) is 19.3. The molecular formula is C23H22N4O4. The van der Waals surface area contributed by atoms with Gasteiger partial charge < -0.3 is 20.1 Å². The van der Waals surface area contributed by atoms with Gasteiger partial charge in [0.2, 0.25) is 0 Å². The number of rotatable bonds is 5. The lowest BCUT2D eigenvalue weighted by atomic mass is 10.2. The molecule has 8 heteroatoms. The number of benzene rings is 3. The highest BCUT2D eigenvalue weighted by Crippen LogP contribution is 2.33. The van der Waals surface area contributed by atoms with Crippen LogP contribution in [0.2, 0.25) is 0 Å². The van der Waals surface area contributed by atoms with Crippen LogP contribution >= 0.6 is 0 Å². The summed E-state index contributed by atoms with van der Waals surface area (Å²) in [5, 5.41) is 5.60. The molecule has 0 fully saturated rings. The van der Waals surface area contributed by atoms with E-state index in [2.05, 4.69) is 10.6 Å². The number of para-hydroxylation sites is 1. The van der Waals surface area contributed by atoms with Gasteiger partial charge in [-0.1, -0.05) is 24.3 Å². The van der Waals surface area contributed by atoms with Crippen LogP contribution < -0.4 is 25.8 Å². The van der Waals surface area contributed by atoms with Crippen LogP contribution in [0.5, 0.6) is 17.2 Å². The van der Waals surface area contributed by atoms with Gasteiger partial charge in [0.1, 0.15) is 11.5 Å². The quantitative estimate of drug-likeness (QED) is 0.505. The smallest absolute Gasteiger partial charge is 0.328 e. The van der Waals surface area contributed by atoms with Gasteiger partial charge in [-0.3, -0.25) is 9.13 Å². The van der Waals surface area contributed by atoms with Crippen molar-refractivity contribution in [2.75, 3.05) is 17.7 Å². The van der Waals surface area contributed by atoms with Crippen LogP contribution in [0.25, 0.3) is 11.0 Å². The summed E-state index contributed by atoms with van der Waals surface area (Å²) in [4.78, 5) is 25.1. The average Bonchev–Trinajstić information content (AvgIpc) is 2.98. The lowest BCUT2D eigenvalue weighted by molar-refractivity contribution is 0.262. The molecule has 158 valence electrons. The van der Waals surface area contributed by atoms with Crippen LogP contribution in [0, 0.1) is 0 Å². The van der Waals surface area contributed by atoms with Crippen molar-refractivity contribution in [1.82, 2.24) is 9.13 Å². The molecule has 1 aromatic heterocycles. The van der Waals surface area contributed by atoms with Crippen LogP contribution in [-0.2, 0) is 14.1 Å². The minimum Gasteiger partial charge on any atom is -0.497 e. The number of carbonyl (C=O) groups excluding carboxylic acids is 1. The number of aryl methyl sites for hydroxylation is 2. The molecular weight excluding hydrogens is 396 g/mol. The summed E-state index contributed by atoms with van der Waals surface area (Å²) in [5.41, 5.74) is 2.20. The van der Waals surface area contributed by atoms with Gasteiger partial charge in [0.05, 0.1) is 23.8 Å². The molecule has 1 heterocycles. The number of aromatic nitrogens is 2. The maximum Gasteiger partial charge on any atom is 0.328 e. The Morgan fingerprint density at radius 2 is 1.52 bits per heavy atom. The van der Waals surface area contributed by atoms with Gasteiger partial charge in [-0.05, 0) is 30.3 Å². The van der Waals surface area contributed by atoms with E-state index >= 15 is 0 Å². The zero-order valence-electron chi connectivity index (χ0n) is 17.4. The first-order chi connectivity index (χ1) is 15.0. The number of carbonyl (C=O) groups is 1. The molecule has 0 bridgehead atoms. The number of nitrogens with zero attached hydrogens (tertiary/aromatic N) is 2. The fourth-order valence-corrected chi connectivity index (χ4v) is 3.31. The molecule has 4 rings (SSSR count). The van der Waals surface area contributed by atoms with E-state index in [1.54, 1.807) is 57.6 Å². The third-order valence-electron chi connectivity index (χ3n) is 4.92. The molecule has 31 heavy (non-hydrogen) atoms. The lowest BCUT2D eigenvalue weighted by Crippen LogP contribution is -2.20. The van der Waals surface area contributed by atoms with Crippen LogP contribution in [0.15, 0.2) is 71.5 Å². The van der Waals surface area contributed by atoms with Gasteiger partial charge in [0, 0.05) is 31.9 Å². The Morgan fingerprint density at radius 3 is 2.23 bits per heavy atom. The number of hydrogen-bond acceptors (Lipinski definition) is 4. The first-order valence-electron chi connectivity index (χ1n) is 9.60. The number of fused-ring (bicyclic) bond motifs is 1. The van der Waals surface area contributed by atoms with Crippen LogP contribution in [-0.4, -0.2) is 22.3 Å². The van der Waals surface area contributed by atoms with Crippen molar-refractivity contribution in [2.24, 2.45) is 14.1 Å². The van der Waals surface area contributed by atoms with Crippen molar-refractivity contribution in [2.45, 2.75) is 0 Å². The van der Waals surface area contributed by atoms with Crippen molar-refractivity contribution >= 4 is 28.4 Å². The first kappa shape index (κ1) is 20.1. The van der Waals surface area contributed by atoms with E-state index in [-0.39, 0.29) is 5.69 Å². The highest BCUT2D eigenvalue weighted by Gasteiger charge is 2.16. The number of ether oxygens (including phenoxy) is 2. The highest BCUT2D eigenvalue weighted by atomic mass is 16.5. The van der Waals surface area contributed by atoms with Crippen molar-refractivity contribution in [3.8, 4) is 17.2 Å². The summed E-state index contributed by atoms with van der Waals surface area (Å²) in [6.45, 7) is 0. The van der Waals surface area contributed by atoms with Crippen molar-refractivity contribution in [3.05, 3.63) is 77.2 Å². The number of amides is 2. The minimum absolute atomic E-state index is 0.168. The average molecular weight is 418 g/mol. The number of hydrogen-bond donors (Lipinski definition) is 2. The Kier molecular flexibility index (Phi) is 5.36. The summed E-state index contributed by atoms with van der Waals surface area (Å²) in [6.07, 6.45) is 0. The Hall–Kier alpha value is -4.20. The standard InChI is InChI=1S/C23H22N4O4/c1-26-19-13-18(25-22(28)24-15-8-7-11-17(12-15)30-3)21(14-20(19)27(2)23(26)29)31-16-9-5-4-6-10-16/h4-14H,1-3H3,(H2,24,25,28). The van der Waals surface area contributed by atoms with Gasteiger partial charge in [0.15, 0.2) is 5.75 Å². The second-order valence-corrected chi connectivity index (χ2v) is 6.96. The molecule has 0 saturated heterocycles. The van der Waals surface area contributed by atoms with E-state index in [9.17, 15) is 9.59 Å². The summed E-state index contributed by atoms with van der Waals surface area (Å²) >= 11 is 0. The molecule has 0 aliphatic carbocycles. The van der Waals surface area contributed by atoms with Crippen molar-refractivity contribution < 1.29 is 14.3 Å². The SMILES string of the molecule is COc1cccc(NC(=O)Nc2cc3c(cc2Oc2ccccc2)n(C)c(=O)n3C)c1. The molecule has 2 N–H and O–H groups in total. The third kappa shape index (κ3) is 4.09. The summed E-state index contributed by atoms with van der Waals surface area (Å²) in [7, 11) is 4.94. The molecule has 0 aliphatic rings. The molecule has 3 aromatic carbocycles. The van der Waals surface area contributed by atoms with E-state index < -0.39 is 6.03 Å². The van der Waals surface area contributed by atoms with E-state index in [4.69, 9.17) is 9.47 Å².